The molecule has 0 spiro atoms. The number of benzene rings is 3. The van der Waals surface area contributed by atoms with Crippen LogP contribution >= 0.6 is 35.0 Å². The monoisotopic (exact) mass is 684 g/mol. The van der Waals surface area contributed by atoms with Crippen molar-refractivity contribution in [1.29, 1.82) is 0 Å². The summed E-state index contributed by atoms with van der Waals surface area (Å²) in [5, 5.41) is 25.8. The second-order valence-electron chi connectivity index (χ2n) is 10.2. The number of pyridine rings is 1. The highest BCUT2D eigenvalue weighted by atomic mass is 35.5. The fourth-order valence-electron chi connectivity index (χ4n) is 4.36. The number of aromatic amines is 1. The summed E-state index contributed by atoms with van der Waals surface area (Å²) in [4.78, 5) is 14.5. The highest BCUT2D eigenvalue weighted by molar-refractivity contribution is 7.98. The third-order valence-corrected chi connectivity index (χ3v) is 8.19. The van der Waals surface area contributed by atoms with Crippen LogP contribution in [0, 0.1) is 13.8 Å². The Kier molecular flexibility index (Phi) is 9.91. The number of halogens is 2. The van der Waals surface area contributed by atoms with Gasteiger partial charge in [-0.25, -0.2) is 0 Å². The molecule has 0 bridgehead atoms. The van der Waals surface area contributed by atoms with Crippen molar-refractivity contribution in [1.82, 2.24) is 40.1 Å². The standard InChI is InChI=1S/C23H17ClN6O2S.C10H9ClN2O/c1-14-6-8-15(9-7-14)22-28-26-20(32-22)13-33-23-29-27-21(16-10-11-25-19(31)12-16)30(23)18-5-3-2-4-17(18)24;1-7-2-4-8(5-3-7)10-13-12-9(6-11)14-10/h2-12H,13H2,1H3,(H,25,31);2-5H,6H2,1H3. The summed E-state index contributed by atoms with van der Waals surface area (Å²) >= 11 is 13.4. The minimum absolute atomic E-state index is 0.232. The van der Waals surface area contributed by atoms with Gasteiger partial charge in [-0.15, -0.1) is 42.2 Å². The average Bonchev–Trinajstić information content (AvgIpc) is 3.85. The Hall–Kier alpha value is -5.04. The van der Waals surface area contributed by atoms with Gasteiger partial charge in [-0.1, -0.05) is 70.9 Å². The van der Waals surface area contributed by atoms with Crippen LogP contribution in [-0.4, -0.2) is 40.1 Å². The van der Waals surface area contributed by atoms with Crippen LogP contribution in [-0.2, 0) is 11.6 Å². The van der Waals surface area contributed by atoms with Gasteiger partial charge in [-0.3, -0.25) is 9.36 Å². The maximum absolute atomic E-state index is 11.9. The molecule has 4 aromatic heterocycles. The van der Waals surface area contributed by atoms with Gasteiger partial charge in [0.1, 0.15) is 5.88 Å². The molecule has 0 saturated carbocycles. The van der Waals surface area contributed by atoms with Crippen LogP contribution in [0.3, 0.4) is 0 Å². The number of alkyl halides is 1. The zero-order valence-corrected chi connectivity index (χ0v) is 27.4. The smallest absolute Gasteiger partial charge is 0.248 e. The normalized spacial score (nSPS) is 10.9. The largest absolute Gasteiger partial charge is 0.420 e. The van der Waals surface area contributed by atoms with Crippen LogP contribution in [0.25, 0.3) is 40.0 Å². The number of hydrogen-bond donors (Lipinski definition) is 1. The number of rotatable bonds is 8. The second-order valence-corrected chi connectivity index (χ2v) is 11.8. The topological polar surface area (TPSA) is 141 Å². The maximum Gasteiger partial charge on any atom is 0.248 e. The Morgan fingerprint density at radius 2 is 1.36 bits per heavy atom. The molecule has 7 aromatic rings. The number of thioether (sulfide) groups is 1. The number of nitrogens with one attached hydrogen (secondary N) is 1. The van der Waals surface area contributed by atoms with Crippen LogP contribution in [0.15, 0.2) is 110 Å². The van der Waals surface area contributed by atoms with Crippen LogP contribution in [0.2, 0.25) is 5.02 Å². The van der Waals surface area contributed by atoms with Crippen LogP contribution in [0.5, 0.6) is 0 Å². The van der Waals surface area contributed by atoms with E-state index in [4.69, 9.17) is 32.0 Å². The fourth-order valence-corrected chi connectivity index (χ4v) is 5.47. The summed E-state index contributed by atoms with van der Waals surface area (Å²) in [6.07, 6.45) is 1.57. The van der Waals surface area contributed by atoms with Gasteiger partial charge in [0.15, 0.2) is 11.0 Å². The predicted octanol–water partition coefficient (Wildman–Crippen LogP) is 7.71. The van der Waals surface area contributed by atoms with E-state index in [1.165, 1.54) is 23.4 Å². The Bertz CT molecular complexity index is 2160. The van der Waals surface area contributed by atoms with E-state index in [1.807, 2.05) is 85.1 Å². The zero-order chi connectivity index (χ0) is 32.8. The van der Waals surface area contributed by atoms with Crippen LogP contribution in [0.1, 0.15) is 22.9 Å². The average molecular weight is 686 g/mol. The first-order valence-corrected chi connectivity index (χ1v) is 16.1. The van der Waals surface area contributed by atoms with Crippen molar-refractivity contribution in [2.24, 2.45) is 0 Å². The number of nitrogens with zero attached hydrogens (tertiary/aromatic N) is 7. The van der Waals surface area contributed by atoms with E-state index in [0.717, 1.165) is 16.7 Å². The van der Waals surface area contributed by atoms with E-state index in [2.05, 4.69) is 35.6 Å². The molecule has 0 aliphatic carbocycles. The molecule has 0 aliphatic rings. The van der Waals surface area contributed by atoms with Gasteiger partial charge < -0.3 is 13.8 Å². The van der Waals surface area contributed by atoms with Crippen molar-refractivity contribution in [3.63, 3.8) is 0 Å². The van der Waals surface area contributed by atoms with Crippen molar-refractivity contribution >= 4 is 35.0 Å². The molecule has 0 aliphatic heterocycles. The van der Waals surface area contributed by atoms with Crippen molar-refractivity contribution in [3.05, 3.63) is 129 Å². The van der Waals surface area contributed by atoms with Crippen molar-refractivity contribution in [2.45, 2.75) is 30.6 Å². The van der Waals surface area contributed by atoms with Gasteiger partial charge >= 0.3 is 0 Å². The highest BCUT2D eigenvalue weighted by Gasteiger charge is 2.19. The first-order chi connectivity index (χ1) is 22.9. The van der Waals surface area contributed by atoms with E-state index in [9.17, 15) is 4.79 Å². The molecule has 14 heteroatoms. The molecule has 7 rings (SSSR count). The number of para-hydroxylation sites is 1. The molecule has 0 amide bonds. The van der Waals surface area contributed by atoms with Gasteiger partial charge in [0, 0.05) is 29.0 Å². The lowest BCUT2D eigenvalue weighted by Crippen LogP contribution is -2.05. The molecule has 1 N–H and O–H groups in total. The molecule has 3 aromatic carbocycles. The van der Waals surface area contributed by atoms with Crippen molar-refractivity contribution in [2.75, 3.05) is 0 Å². The van der Waals surface area contributed by atoms with Crippen LogP contribution < -0.4 is 5.56 Å². The Labute approximate surface area is 283 Å². The second kappa shape index (κ2) is 14.6. The minimum atomic E-state index is -0.232. The lowest BCUT2D eigenvalue weighted by atomic mass is 10.1. The summed E-state index contributed by atoms with van der Waals surface area (Å²) in [6, 6.07) is 26.4. The third kappa shape index (κ3) is 7.68. The summed E-state index contributed by atoms with van der Waals surface area (Å²) < 4.78 is 13.0. The molecule has 0 unspecified atom stereocenters. The lowest BCUT2D eigenvalue weighted by Gasteiger charge is -2.11. The molecule has 47 heavy (non-hydrogen) atoms. The molecule has 236 valence electrons. The molecule has 0 saturated heterocycles. The Morgan fingerprint density at radius 3 is 1.96 bits per heavy atom. The zero-order valence-electron chi connectivity index (χ0n) is 25.1. The van der Waals surface area contributed by atoms with Gasteiger partial charge in [0.25, 0.3) is 0 Å². The summed E-state index contributed by atoms with van der Waals surface area (Å²) in [5.41, 5.74) is 5.23. The van der Waals surface area contributed by atoms with Crippen molar-refractivity contribution < 1.29 is 8.83 Å². The molecular formula is C33H26Cl2N8O3S. The van der Waals surface area contributed by atoms with E-state index in [0.29, 0.717) is 56.6 Å². The van der Waals surface area contributed by atoms with Crippen molar-refractivity contribution in [3.8, 4) is 40.0 Å². The lowest BCUT2D eigenvalue weighted by molar-refractivity contribution is 0.527. The SMILES string of the molecule is Cc1ccc(-c2nnc(CCl)o2)cc1.Cc1ccc(-c2nnc(CSc3nnc(-c4cc[nH]c(=O)c4)n3-c3ccccc3Cl)o2)cc1. The van der Waals surface area contributed by atoms with E-state index in [-0.39, 0.29) is 11.4 Å². The summed E-state index contributed by atoms with van der Waals surface area (Å²) in [7, 11) is 0. The first-order valence-electron chi connectivity index (χ1n) is 14.2. The number of H-pyrrole nitrogens is 1. The molecule has 11 nitrogen and oxygen atoms in total. The maximum atomic E-state index is 11.9. The quantitative estimate of drug-likeness (QED) is 0.125. The Morgan fingerprint density at radius 1 is 0.745 bits per heavy atom. The molecular weight excluding hydrogens is 659 g/mol. The van der Waals surface area contributed by atoms with Gasteiger partial charge in [0.05, 0.1) is 16.5 Å². The summed E-state index contributed by atoms with van der Waals surface area (Å²) in [6.45, 7) is 4.05. The Balaban J connectivity index is 0.000000230. The van der Waals surface area contributed by atoms with Crippen LogP contribution in [0.4, 0.5) is 0 Å². The van der Waals surface area contributed by atoms with E-state index in [1.54, 1.807) is 18.3 Å². The molecule has 4 heterocycles. The van der Waals surface area contributed by atoms with E-state index >= 15 is 0 Å². The third-order valence-electron chi connectivity index (χ3n) is 6.73. The number of hydrogen-bond acceptors (Lipinski definition) is 10. The number of aryl methyl sites for hydroxylation is 2. The minimum Gasteiger partial charge on any atom is -0.420 e. The fraction of sp³-hybridized carbons (Fsp3) is 0.121. The van der Waals surface area contributed by atoms with Gasteiger partial charge in [-0.2, -0.15) is 0 Å². The van der Waals surface area contributed by atoms with E-state index < -0.39 is 0 Å². The van der Waals surface area contributed by atoms with Gasteiger partial charge in [-0.05, 0) is 56.3 Å². The molecule has 0 atom stereocenters. The molecule has 0 radical (unpaired) electrons. The summed E-state index contributed by atoms with van der Waals surface area (Å²) in [5.74, 6) is 3.02. The number of aromatic nitrogens is 8. The molecule has 0 fully saturated rings. The predicted molar refractivity (Wildman–Crippen MR) is 180 cm³/mol. The highest BCUT2D eigenvalue weighted by Crippen LogP contribution is 2.32. The first kappa shape index (κ1) is 31.9. The van der Waals surface area contributed by atoms with Gasteiger partial charge in [0.2, 0.25) is 29.1 Å².